The van der Waals surface area contributed by atoms with Crippen molar-refractivity contribution in [3.63, 3.8) is 0 Å². The second kappa shape index (κ2) is 5.24. The van der Waals surface area contributed by atoms with E-state index in [2.05, 4.69) is 36.1 Å². The number of hydrogen-bond donors (Lipinski definition) is 0. The lowest BCUT2D eigenvalue weighted by atomic mass is 10.1. The van der Waals surface area contributed by atoms with Gasteiger partial charge in [0.05, 0.1) is 6.54 Å². The number of rotatable bonds is 2. The Balaban J connectivity index is 1.71. The standard InChI is InChI=1S/C16H22N2O/c1-13-11-14-7-3-4-8-15(14)18(13)12-16(19)17-9-5-2-6-10-17/h3-4,7-8,13H,2,5-6,9-12H2,1H3. The van der Waals surface area contributed by atoms with Gasteiger partial charge in [0.2, 0.25) is 5.91 Å². The molecule has 0 saturated carbocycles. The summed E-state index contributed by atoms with van der Waals surface area (Å²) < 4.78 is 0. The van der Waals surface area contributed by atoms with Crippen LogP contribution in [0.3, 0.4) is 0 Å². The minimum atomic E-state index is 0.295. The summed E-state index contributed by atoms with van der Waals surface area (Å²) in [6, 6.07) is 8.90. The molecule has 0 aliphatic carbocycles. The maximum absolute atomic E-state index is 12.4. The van der Waals surface area contributed by atoms with Crippen LogP contribution in [0.15, 0.2) is 24.3 Å². The van der Waals surface area contributed by atoms with Crippen LogP contribution in [-0.2, 0) is 11.2 Å². The number of fused-ring (bicyclic) bond motifs is 1. The molecule has 3 rings (SSSR count). The predicted octanol–water partition coefficient (Wildman–Crippen LogP) is 2.45. The third-order valence-corrected chi connectivity index (χ3v) is 4.36. The van der Waals surface area contributed by atoms with Crippen molar-refractivity contribution < 1.29 is 4.79 Å². The van der Waals surface area contributed by atoms with Crippen molar-refractivity contribution in [2.45, 2.75) is 38.6 Å². The molecule has 1 aromatic rings. The first kappa shape index (κ1) is 12.5. The zero-order valence-corrected chi connectivity index (χ0v) is 11.6. The highest BCUT2D eigenvalue weighted by molar-refractivity contribution is 5.82. The van der Waals surface area contributed by atoms with Gasteiger partial charge in [-0.1, -0.05) is 18.2 Å². The summed E-state index contributed by atoms with van der Waals surface area (Å²) in [6.45, 7) is 4.65. The van der Waals surface area contributed by atoms with Crippen LogP contribution in [0.1, 0.15) is 31.7 Å². The van der Waals surface area contributed by atoms with Crippen molar-refractivity contribution in [2.24, 2.45) is 0 Å². The van der Waals surface area contributed by atoms with Gasteiger partial charge >= 0.3 is 0 Å². The number of anilines is 1. The van der Waals surface area contributed by atoms with Crippen LogP contribution in [0.25, 0.3) is 0 Å². The second-order valence-electron chi connectivity index (χ2n) is 5.75. The topological polar surface area (TPSA) is 23.6 Å². The van der Waals surface area contributed by atoms with Gasteiger partial charge in [0.15, 0.2) is 0 Å². The average Bonchev–Trinajstić information content (AvgIpc) is 2.76. The number of benzene rings is 1. The van der Waals surface area contributed by atoms with Crippen LogP contribution >= 0.6 is 0 Å². The molecule has 0 bridgehead atoms. The summed E-state index contributed by atoms with van der Waals surface area (Å²) in [5, 5.41) is 0. The Labute approximate surface area is 115 Å². The Kier molecular flexibility index (Phi) is 3.45. The highest BCUT2D eigenvalue weighted by Crippen LogP contribution is 2.31. The molecule has 0 spiro atoms. The minimum absolute atomic E-state index is 0.295. The van der Waals surface area contributed by atoms with E-state index in [0.29, 0.717) is 18.5 Å². The maximum Gasteiger partial charge on any atom is 0.242 e. The number of carbonyl (C=O) groups is 1. The van der Waals surface area contributed by atoms with E-state index in [1.165, 1.54) is 17.7 Å². The molecule has 1 saturated heterocycles. The maximum atomic E-state index is 12.4. The van der Waals surface area contributed by atoms with Gasteiger partial charge in [-0.25, -0.2) is 0 Å². The van der Waals surface area contributed by atoms with E-state index in [-0.39, 0.29) is 0 Å². The van der Waals surface area contributed by atoms with E-state index in [0.717, 1.165) is 32.4 Å². The molecule has 3 heteroatoms. The van der Waals surface area contributed by atoms with Crippen molar-refractivity contribution in [3.05, 3.63) is 29.8 Å². The predicted molar refractivity (Wildman–Crippen MR) is 77.4 cm³/mol. The Bertz CT molecular complexity index is 466. The molecule has 1 aromatic carbocycles. The fourth-order valence-electron chi connectivity index (χ4n) is 3.26. The van der Waals surface area contributed by atoms with Gasteiger partial charge in [-0.3, -0.25) is 4.79 Å². The fraction of sp³-hybridized carbons (Fsp3) is 0.562. The van der Waals surface area contributed by atoms with Crippen LogP contribution in [0.5, 0.6) is 0 Å². The van der Waals surface area contributed by atoms with Crippen LogP contribution in [0.2, 0.25) is 0 Å². The van der Waals surface area contributed by atoms with Crippen molar-refractivity contribution in [1.29, 1.82) is 0 Å². The molecule has 1 unspecified atom stereocenters. The summed E-state index contributed by atoms with van der Waals surface area (Å²) in [5.74, 6) is 0.295. The number of amides is 1. The molecule has 3 nitrogen and oxygen atoms in total. The molecule has 1 amide bonds. The molecular weight excluding hydrogens is 236 g/mol. The van der Waals surface area contributed by atoms with Gasteiger partial charge in [-0.05, 0) is 44.2 Å². The molecule has 2 aliphatic heterocycles. The lowest BCUT2D eigenvalue weighted by molar-refractivity contribution is -0.130. The van der Waals surface area contributed by atoms with E-state index in [1.807, 2.05) is 4.90 Å². The van der Waals surface area contributed by atoms with Crippen LogP contribution < -0.4 is 4.90 Å². The molecule has 2 heterocycles. The first-order valence-electron chi connectivity index (χ1n) is 7.38. The molecule has 19 heavy (non-hydrogen) atoms. The van der Waals surface area contributed by atoms with Gasteiger partial charge in [-0.2, -0.15) is 0 Å². The van der Waals surface area contributed by atoms with E-state index in [9.17, 15) is 4.79 Å². The Morgan fingerprint density at radius 2 is 1.95 bits per heavy atom. The minimum Gasteiger partial charge on any atom is -0.359 e. The van der Waals surface area contributed by atoms with Crippen molar-refractivity contribution >= 4 is 11.6 Å². The average molecular weight is 258 g/mol. The lowest BCUT2D eigenvalue weighted by Crippen LogP contribution is -2.44. The lowest BCUT2D eigenvalue weighted by Gasteiger charge is -2.31. The quantitative estimate of drug-likeness (QED) is 0.813. The second-order valence-corrected chi connectivity index (χ2v) is 5.75. The highest BCUT2D eigenvalue weighted by atomic mass is 16.2. The molecule has 1 atom stereocenters. The van der Waals surface area contributed by atoms with Gasteiger partial charge in [0.25, 0.3) is 0 Å². The van der Waals surface area contributed by atoms with E-state index < -0.39 is 0 Å². The van der Waals surface area contributed by atoms with Gasteiger partial charge in [-0.15, -0.1) is 0 Å². The van der Waals surface area contributed by atoms with E-state index in [4.69, 9.17) is 0 Å². The Hall–Kier alpha value is -1.51. The number of para-hydroxylation sites is 1. The Morgan fingerprint density at radius 3 is 2.74 bits per heavy atom. The zero-order valence-electron chi connectivity index (χ0n) is 11.6. The normalized spacial score (nSPS) is 22.5. The first-order chi connectivity index (χ1) is 9.25. The zero-order chi connectivity index (χ0) is 13.2. The SMILES string of the molecule is CC1Cc2ccccc2N1CC(=O)N1CCCCC1. The number of piperidine rings is 1. The van der Waals surface area contributed by atoms with Gasteiger partial charge < -0.3 is 9.80 Å². The van der Waals surface area contributed by atoms with E-state index in [1.54, 1.807) is 0 Å². The van der Waals surface area contributed by atoms with Crippen molar-refractivity contribution in [1.82, 2.24) is 4.90 Å². The summed E-state index contributed by atoms with van der Waals surface area (Å²) in [7, 11) is 0. The monoisotopic (exact) mass is 258 g/mol. The van der Waals surface area contributed by atoms with Crippen molar-refractivity contribution in [3.8, 4) is 0 Å². The highest BCUT2D eigenvalue weighted by Gasteiger charge is 2.28. The molecular formula is C16H22N2O. The first-order valence-corrected chi connectivity index (χ1v) is 7.38. The third kappa shape index (κ3) is 2.46. The summed E-state index contributed by atoms with van der Waals surface area (Å²) >= 11 is 0. The molecule has 102 valence electrons. The molecule has 0 radical (unpaired) electrons. The number of likely N-dealkylation sites (tertiary alicyclic amines) is 1. The van der Waals surface area contributed by atoms with E-state index >= 15 is 0 Å². The third-order valence-electron chi connectivity index (χ3n) is 4.36. The van der Waals surface area contributed by atoms with Crippen molar-refractivity contribution in [2.75, 3.05) is 24.5 Å². The Morgan fingerprint density at radius 1 is 1.21 bits per heavy atom. The number of carbonyl (C=O) groups excluding carboxylic acids is 1. The summed E-state index contributed by atoms with van der Waals surface area (Å²) in [4.78, 5) is 16.7. The molecule has 0 N–H and O–H groups in total. The van der Waals surface area contributed by atoms with Gasteiger partial charge in [0.1, 0.15) is 0 Å². The largest absolute Gasteiger partial charge is 0.359 e. The van der Waals surface area contributed by atoms with Crippen LogP contribution in [0, 0.1) is 0 Å². The number of hydrogen-bond acceptors (Lipinski definition) is 2. The van der Waals surface area contributed by atoms with Gasteiger partial charge in [0, 0.05) is 24.8 Å². The van der Waals surface area contributed by atoms with Crippen LogP contribution in [0.4, 0.5) is 5.69 Å². The molecule has 0 aromatic heterocycles. The fourth-order valence-corrected chi connectivity index (χ4v) is 3.26. The number of nitrogens with zero attached hydrogens (tertiary/aromatic N) is 2. The molecule has 2 aliphatic rings. The van der Waals surface area contributed by atoms with Crippen LogP contribution in [-0.4, -0.2) is 36.5 Å². The summed E-state index contributed by atoms with van der Waals surface area (Å²) in [6.07, 6.45) is 4.66. The molecule has 1 fully saturated rings. The smallest absolute Gasteiger partial charge is 0.242 e. The summed E-state index contributed by atoms with van der Waals surface area (Å²) in [5.41, 5.74) is 2.63.